The second kappa shape index (κ2) is 8.97. The van der Waals surface area contributed by atoms with E-state index in [2.05, 4.69) is 15.1 Å². The molecule has 0 bridgehead atoms. The van der Waals surface area contributed by atoms with Crippen molar-refractivity contribution in [2.45, 2.75) is 12.8 Å². The Morgan fingerprint density at radius 2 is 1.88 bits per heavy atom. The van der Waals surface area contributed by atoms with Crippen LogP contribution in [0.5, 0.6) is 0 Å². The SMILES string of the molecule is O=C(Cc1cccs1)NCCCN1CCN(c2ccc(F)cc2)CC1. The van der Waals surface area contributed by atoms with Crippen LogP contribution in [0.2, 0.25) is 0 Å². The highest BCUT2D eigenvalue weighted by molar-refractivity contribution is 7.10. The number of nitrogens with one attached hydrogen (secondary N) is 1. The summed E-state index contributed by atoms with van der Waals surface area (Å²) in [5.74, 6) is -0.0907. The normalized spacial score (nSPS) is 15.3. The van der Waals surface area contributed by atoms with Crippen LogP contribution in [0, 0.1) is 5.82 Å². The molecule has 0 atom stereocenters. The van der Waals surface area contributed by atoms with Crippen molar-refractivity contribution < 1.29 is 9.18 Å². The Hall–Kier alpha value is -1.92. The number of amides is 1. The molecule has 1 amide bonds. The quantitative estimate of drug-likeness (QED) is 0.771. The zero-order chi connectivity index (χ0) is 17.5. The van der Waals surface area contributed by atoms with Gasteiger partial charge in [-0.1, -0.05) is 6.07 Å². The number of carbonyl (C=O) groups excluding carboxylic acids is 1. The van der Waals surface area contributed by atoms with Gasteiger partial charge < -0.3 is 10.2 Å². The van der Waals surface area contributed by atoms with Gasteiger partial charge in [0.15, 0.2) is 0 Å². The second-order valence-electron chi connectivity index (χ2n) is 6.26. The van der Waals surface area contributed by atoms with Crippen molar-refractivity contribution in [1.29, 1.82) is 0 Å². The largest absolute Gasteiger partial charge is 0.369 e. The van der Waals surface area contributed by atoms with Crippen molar-refractivity contribution in [3.63, 3.8) is 0 Å². The predicted octanol–water partition coefficient (Wildman–Crippen LogP) is 2.76. The highest BCUT2D eigenvalue weighted by Crippen LogP contribution is 2.16. The number of thiophene rings is 1. The highest BCUT2D eigenvalue weighted by atomic mass is 32.1. The van der Waals surface area contributed by atoms with Crippen LogP contribution >= 0.6 is 11.3 Å². The number of piperazine rings is 1. The molecule has 3 rings (SSSR count). The Balaban J connectivity index is 1.30. The molecule has 2 heterocycles. The van der Waals surface area contributed by atoms with E-state index in [0.717, 1.165) is 56.3 Å². The maximum absolute atomic E-state index is 13.0. The Morgan fingerprint density at radius 3 is 2.56 bits per heavy atom. The van der Waals surface area contributed by atoms with E-state index >= 15 is 0 Å². The summed E-state index contributed by atoms with van der Waals surface area (Å²) >= 11 is 1.62. The lowest BCUT2D eigenvalue weighted by Gasteiger charge is -2.36. The zero-order valence-electron chi connectivity index (χ0n) is 14.3. The van der Waals surface area contributed by atoms with E-state index in [1.165, 1.54) is 12.1 Å². The maximum atomic E-state index is 13.0. The van der Waals surface area contributed by atoms with Crippen LogP contribution < -0.4 is 10.2 Å². The number of rotatable bonds is 7. The molecule has 0 aliphatic carbocycles. The van der Waals surface area contributed by atoms with Crippen molar-refractivity contribution >= 4 is 22.9 Å². The lowest BCUT2D eigenvalue weighted by atomic mass is 10.2. The van der Waals surface area contributed by atoms with Crippen LogP contribution in [0.15, 0.2) is 41.8 Å². The van der Waals surface area contributed by atoms with E-state index in [0.29, 0.717) is 6.42 Å². The molecule has 1 aromatic heterocycles. The van der Waals surface area contributed by atoms with Gasteiger partial charge in [-0.2, -0.15) is 0 Å². The fourth-order valence-corrected chi connectivity index (χ4v) is 3.75. The maximum Gasteiger partial charge on any atom is 0.225 e. The van der Waals surface area contributed by atoms with Gasteiger partial charge in [0, 0.05) is 43.3 Å². The van der Waals surface area contributed by atoms with E-state index in [-0.39, 0.29) is 11.7 Å². The number of hydrogen-bond acceptors (Lipinski definition) is 4. The molecule has 1 aromatic carbocycles. The van der Waals surface area contributed by atoms with Crippen molar-refractivity contribution in [3.05, 3.63) is 52.5 Å². The van der Waals surface area contributed by atoms with E-state index < -0.39 is 0 Å². The van der Waals surface area contributed by atoms with Crippen LogP contribution in [0.3, 0.4) is 0 Å². The first-order valence-corrected chi connectivity index (χ1v) is 9.60. The molecular weight excluding hydrogens is 337 g/mol. The molecule has 4 nitrogen and oxygen atoms in total. The van der Waals surface area contributed by atoms with Gasteiger partial charge in [-0.3, -0.25) is 9.69 Å². The molecular formula is C19H24FN3OS. The summed E-state index contributed by atoms with van der Waals surface area (Å²) in [5.41, 5.74) is 1.09. The Labute approximate surface area is 152 Å². The van der Waals surface area contributed by atoms with Gasteiger partial charge in [0.05, 0.1) is 6.42 Å². The lowest BCUT2D eigenvalue weighted by Crippen LogP contribution is -2.47. The van der Waals surface area contributed by atoms with E-state index in [1.807, 2.05) is 29.6 Å². The van der Waals surface area contributed by atoms with E-state index in [9.17, 15) is 9.18 Å². The molecule has 0 radical (unpaired) electrons. The van der Waals surface area contributed by atoms with E-state index in [4.69, 9.17) is 0 Å². The first kappa shape index (κ1) is 17.9. The van der Waals surface area contributed by atoms with Gasteiger partial charge in [-0.05, 0) is 48.7 Å². The summed E-state index contributed by atoms with van der Waals surface area (Å²) in [6.07, 6.45) is 1.45. The van der Waals surface area contributed by atoms with Crippen LogP contribution in [0.1, 0.15) is 11.3 Å². The summed E-state index contributed by atoms with van der Waals surface area (Å²) in [7, 11) is 0. The van der Waals surface area contributed by atoms with Gasteiger partial charge >= 0.3 is 0 Å². The minimum absolute atomic E-state index is 0.101. The van der Waals surface area contributed by atoms with Crippen LogP contribution in [0.25, 0.3) is 0 Å². The molecule has 1 aliphatic heterocycles. The lowest BCUT2D eigenvalue weighted by molar-refractivity contribution is -0.120. The summed E-state index contributed by atoms with van der Waals surface area (Å²) < 4.78 is 13.0. The predicted molar refractivity (Wildman–Crippen MR) is 101 cm³/mol. The second-order valence-corrected chi connectivity index (χ2v) is 7.30. The Morgan fingerprint density at radius 1 is 1.12 bits per heavy atom. The summed E-state index contributed by atoms with van der Waals surface area (Å²) in [6, 6.07) is 10.7. The number of nitrogens with zero attached hydrogens (tertiary/aromatic N) is 2. The van der Waals surface area contributed by atoms with Gasteiger partial charge in [0.2, 0.25) is 5.91 Å². The Kier molecular flexibility index (Phi) is 6.42. The molecule has 0 saturated carbocycles. The van der Waals surface area contributed by atoms with E-state index in [1.54, 1.807) is 11.3 Å². The van der Waals surface area contributed by atoms with Crippen LogP contribution in [0.4, 0.5) is 10.1 Å². The van der Waals surface area contributed by atoms with Gasteiger partial charge in [-0.15, -0.1) is 11.3 Å². The molecule has 0 unspecified atom stereocenters. The van der Waals surface area contributed by atoms with Crippen molar-refractivity contribution in [1.82, 2.24) is 10.2 Å². The van der Waals surface area contributed by atoms with Crippen molar-refractivity contribution in [2.24, 2.45) is 0 Å². The standard InChI is InChI=1S/C19H24FN3OS/c20-16-4-6-17(7-5-16)23-12-10-22(11-13-23)9-2-8-21-19(24)15-18-3-1-14-25-18/h1,3-7,14H,2,8-13,15H2,(H,21,24). The average Bonchev–Trinajstić information content (AvgIpc) is 3.13. The van der Waals surface area contributed by atoms with Crippen molar-refractivity contribution in [3.8, 4) is 0 Å². The fourth-order valence-electron chi connectivity index (χ4n) is 3.05. The molecule has 1 fully saturated rings. The molecule has 2 aromatic rings. The van der Waals surface area contributed by atoms with Crippen molar-refractivity contribution in [2.75, 3.05) is 44.2 Å². The minimum atomic E-state index is -0.191. The van der Waals surface area contributed by atoms with Crippen LogP contribution in [-0.2, 0) is 11.2 Å². The first-order chi connectivity index (χ1) is 12.2. The third kappa shape index (κ3) is 5.54. The fraction of sp³-hybridized carbons (Fsp3) is 0.421. The van der Waals surface area contributed by atoms with Gasteiger partial charge in [0.1, 0.15) is 5.82 Å². The molecule has 134 valence electrons. The molecule has 0 spiro atoms. The topological polar surface area (TPSA) is 35.6 Å². The first-order valence-electron chi connectivity index (χ1n) is 8.73. The zero-order valence-corrected chi connectivity index (χ0v) is 15.1. The third-order valence-electron chi connectivity index (χ3n) is 4.45. The molecule has 1 aliphatic rings. The summed E-state index contributed by atoms with van der Waals surface area (Å²) in [4.78, 5) is 17.7. The third-order valence-corrected chi connectivity index (χ3v) is 5.33. The highest BCUT2D eigenvalue weighted by Gasteiger charge is 2.16. The summed E-state index contributed by atoms with van der Waals surface area (Å²) in [6.45, 7) is 5.63. The number of anilines is 1. The van der Waals surface area contributed by atoms with Gasteiger partial charge in [0.25, 0.3) is 0 Å². The molecule has 1 saturated heterocycles. The molecule has 25 heavy (non-hydrogen) atoms. The monoisotopic (exact) mass is 361 g/mol. The summed E-state index contributed by atoms with van der Waals surface area (Å²) in [5, 5.41) is 4.99. The number of hydrogen-bond donors (Lipinski definition) is 1. The smallest absolute Gasteiger partial charge is 0.225 e. The van der Waals surface area contributed by atoms with Crippen LogP contribution in [-0.4, -0.2) is 50.1 Å². The molecule has 1 N–H and O–H groups in total. The Bertz CT molecular complexity index is 652. The number of carbonyl (C=O) groups is 1. The van der Waals surface area contributed by atoms with Gasteiger partial charge in [-0.25, -0.2) is 4.39 Å². The number of halogens is 1. The average molecular weight is 361 g/mol. The minimum Gasteiger partial charge on any atom is -0.369 e. The molecule has 6 heteroatoms. The number of benzene rings is 1.